The van der Waals surface area contributed by atoms with E-state index in [0.717, 1.165) is 29.5 Å². The minimum absolute atomic E-state index is 0.465. The molecule has 0 spiro atoms. The predicted octanol–water partition coefficient (Wildman–Crippen LogP) is 4.09. The lowest BCUT2D eigenvalue weighted by Crippen LogP contribution is -1.98. The van der Waals surface area contributed by atoms with Gasteiger partial charge in [-0.3, -0.25) is 0 Å². The molecule has 0 bridgehead atoms. The van der Waals surface area contributed by atoms with E-state index >= 15 is 0 Å². The van der Waals surface area contributed by atoms with Crippen LogP contribution in [0.2, 0.25) is 0 Å². The lowest BCUT2D eigenvalue weighted by Gasteiger charge is -2.06. The van der Waals surface area contributed by atoms with Crippen molar-refractivity contribution >= 4 is 17.3 Å². The highest BCUT2D eigenvalue weighted by molar-refractivity contribution is 7.13. The Hall–Kier alpha value is -0.900. The highest BCUT2D eigenvalue weighted by Gasteiger charge is 2.28. The molecule has 3 nitrogen and oxygen atoms in total. The Morgan fingerprint density at radius 1 is 1.44 bits per heavy atom. The molecule has 0 saturated heterocycles. The molecule has 0 amide bonds. The summed E-state index contributed by atoms with van der Waals surface area (Å²) in [6.45, 7) is 4.30. The van der Waals surface area contributed by atoms with Crippen LogP contribution in [-0.4, -0.2) is 16.1 Å². The monoisotopic (exact) mass is 267 g/mol. The van der Waals surface area contributed by atoms with Gasteiger partial charge in [-0.2, -0.15) is 0 Å². The summed E-state index contributed by atoms with van der Waals surface area (Å²) in [5.74, 6) is 0.498. The molecule has 1 aliphatic rings. The fourth-order valence-electron chi connectivity index (χ4n) is 2.79. The van der Waals surface area contributed by atoms with E-state index in [0.29, 0.717) is 10.8 Å². The van der Waals surface area contributed by atoms with Gasteiger partial charge < -0.3 is 5.11 Å². The second kappa shape index (κ2) is 5.83. The van der Waals surface area contributed by atoms with Crippen LogP contribution in [0, 0.1) is 5.92 Å². The fourth-order valence-corrected chi connectivity index (χ4v) is 3.89. The third-order valence-electron chi connectivity index (χ3n) is 3.86. The van der Waals surface area contributed by atoms with Gasteiger partial charge in [0.2, 0.25) is 0 Å². The van der Waals surface area contributed by atoms with Crippen LogP contribution in [0.25, 0.3) is 0 Å². The van der Waals surface area contributed by atoms with Crippen molar-refractivity contribution in [3.63, 3.8) is 0 Å². The van der Waals surface area contributed by atoms with E-state index in [2.05, 4.69) is 18.8 Å². The van der Waals surface area contributed by atoms with E-state index in [4.69, 9.17) is 0 Å². The molecule has 4 heteroatoms. The Balaban J connectivity index is 2.19. The van der Waals surface area contributed by atoms with Crippen LogP contribution in [0.5, 0.6) is 0 Å². The topological polar surface area (TPSA) is 50.2 Å². The Morgan fingerprint density at radius 2 is 2.22 bits per heavy atom. The van der Waals surface area contributed by atoms with Gasteiger partial charge >= 0.3 is 5.97 Å². The smallest absolute Gasteiger partial charge is 0.347 e. The van der Waals surface area contributed by atoms with Crippen LogP contribution in [0.3, 0.4) is 0 Å². The Bertz CT molecular complexity index is 427. The van der Waals surface area contributed by atoms with Crippen molar-refractivity contribution in [3.05, 3.63) is 15.6 Å². The number of aromatic carboxylic acids is 1. The molecule has 18 heavy (non-hydrogen) atoms. The maximum atomic E-state index is 11.2. The molecule has 0 aromatic carbocycles. The van der Waals surface area contributed by atoms with Crippen LogP contribution in [-0.2, 0) is 6.42 Å². The molecule has 1 saturated carbocycles. The normalized spacial score (nSPS) is 23.4. The van der Waals surface area contributed by atoms with Gasteiger partial charge in [0.05, 0.1) is 10.7 Å². The zero-order chi connectivity index (χ0) is 13.1. The minimum atomic E-state index is -0.813. The summed E-state index contributed by atoms with van der Waals surface area (Å²) in [5, 5.41) is 10.3. The Kier molecular flexibility index (Phi) is 4.38. The molecule has 1 N–H and O–H groups in total. The van der Waals surface area contributed by atoms with Crippen LogP contribution < -0.4 is 0 Å². The lowest BCUT2D eigenvalue weighted by atomic mass is 10.0. The van der Waals surface area contributed by atoms with Crippen molar-refractivity contribution in [2.24, 2.45) is 5.92 Å². The molecule has 2 atom stereocenters. The summed E-state index contributed by atoms with van der Waals surface area (Å²) in [6, 6.07) is 0. The predicted molar refractivity (Wildman–Crippen MR) is 73.4 cm³/mol. The summed E-state index contributed by atoms with van der Waals surface area (Å²) < 4.78 is 0. The highest BCUT2D eigenvalue weighted by Crippen LogP contribution is 2.41. The van der Waals surface area contributed by atoms with Crippen LogP contribution in [0.4, 0.5) is 0 Å². The second-order valence-corrected chi connectivity index (χ2v) is 6.20. The van der Waals surface area contributed by atoms with E-state index in [1.165, 1.54) is 37.0 Å². The highest BCUT2D eigenvalue weighted by atomic mass is 32.1. The molecular weight excluding hydrogens is 246 g/mol. The quantitative estimate of drug-likeness (QED) is 0.874. The summed E-state index contributed by atoms with van der Waals surface area (Å²) in [4.78, 5) is 16.3. The molecule has 1 aromatic heterocycles. The molecule has 0 aliphatic heterocycles. The fraction of sp³-hybridized carbons (Fsp3) is 0.714. The molecule has 2 rings (SSSR count). The first-order valence-electron chi connectivity index (χ1n) is 6.88. The second-order valence-electron chi connectivity index (χ2n) is 5.17. The van der Waals surface area contributed by atoms with Crippen molar-refractivity contribution in [1.29, 1.82) is 0 Å². The largest absolute Gasteiger partial charge is 0.477 e. The van der Waals surface area contributed by atoms with Gasteiger partial charge in [0.25, 0.3) is 0 Å². The first-order chi connectivity index (χ1) is 8.65. The summed E-state index contributed by atoms with van der Waals surface area (Å²) >= 11 is 1.41. The van der Waals surface area contributed by atoms with Gasteiger partial charge in [0.1, 0.15) is 4.88 Å². The third-order valence-corrected chi connectivity index (χ3v) is 5.11. The van der Waals surface area contributed by atoms with Gasteiger partial charge in [0.15, 0.2) is 0 Å². The number of carboxylic acids is 1. The third kappa shape index (κ3) is 2.74. The van der Waals surface area contributed by atoms with Crippen molar-refractivity contribution in [2.75, 3.05) is 0 Å². The van der Waals surface area contributed by atoms with Crippen molar-refractivity contribution in [1.82, 2.24) is 4.98 Å². The zero-order valence-electron chi connectivity index (χ0n) is 11.1. The number of rotatable bonds is 5. The number of thiazole rings is 1. The summed E-state index contributed by atoms with van der Waals surface area (Å²) in [6.07, 6.45) is 6.60. The average molecular weight is 267 g/mol. The molecule has 2 unspecified atom stereocenters. The van der Waals surface area contributed by atoms with E-state index in [9.17, 15) is 9.90 Å². The molecule has 1 aromatic rings. The SMILES string of the molecule is CCCc1nc(C2CCC(CC)C2)sc1C(=O)O. The molecule has 1 fully saturated rings. The minimum Gasteiger partial charge on any atom is -0.477 e. The number of carbonyl (C=O) groups is 1. The van der Waals surface area contributed by atoms with E-state index in [1.54, 1.807) is 0 Å². The van der Waals surface area contributed by atoms with Crippen LogP contribution in [0.1, 0.15) is 72.2 Å². The number of aromatic nitrogens is 1. The summed E-state index contributed by atoms with van der Waals surface area (Å²) in [5.41, 5.74) is 0.796. The van der Waals surface area contributed by atoms with Crippen LogP contribution in [0.15, 0.2) is 0 Å². The number of hydrogen-bond donors (Lipinski definition) is 1. The standard InChI is InChI=1S/C14H21NO2S/c1-3-5-11-12(14(16)17)18-13(15-11)10-7-6-9(4-2)8-10/h9-10H,3-8H2,1-2H3,(H,16,17). The van der Waals surface area contributed by atoms with Crippen molar-refractivity contribution < 1.29 is 9.90 Å². The van der Waals surface area contributed by atoms with Gasteiger partial charge in [-0.25, -0.2) is 9.78 Å². The van der Waals surface area contributed by atoms with Gasteiger partial charge in [-0.05, 0) is 31.6 Å². The maximum absolute atomic E-state index is 11.2. The number of aryl methyl sites for hydroxylation is 1. The average Bonchev–Trinajstić information content (AvgIpc) is 2.94. The van der Waals surface area contributed by atoms with Gasteiger partial charge in [-0.1, -0.05) is 26.7 Å². The van der Waals surface area contributed by atoms with Crippen molar-refractivity contribution in [3.8, 4) is 0 Å². The maximum Gasteiger partial charge on any atom is 0.347 e. The first-order valence-corrected chi connectivity index (χ1v) is 7.70. The number of hydrogen-bond acceptors (Lipinski definition) is 3. The zero-order valence-corrected chi connectivity index (χ0v) is 11.9. The van der Waals surface area contributed by atoms with Gasteiger partial charge in [0, 0.05) is 5.92 Å². The summed E-state index contributed by atoms with van der Waals surface area (Å²) in [7, 11) is 0. The molecule has 1 heterocycles. The Morgan fingerprint density at radius 3 is 2.78 bits per heavy atom. The number of nitrogens with zero attached hydrogens (tertiary/aromatic N) is 1. The first kappa shape index (κ1) is 13.5. The van der Waals surface area contributed by atoms with Gasteiger partial charge in [-0.15, -0.1) is 11.3 Å². The molecule has 0 radical (unpaired) electrons. The van der Waals surface area contributed by atoms with E-state index in [-0.39, 0.29) is 0 Å². The van der Waals surface area contributed by atoms with E-state index in [1.807, 2.05) is 0 Å². The van der Waals surface area contributed by atoms with E-state index < -0.39 is 5.97 Å². The van der Waals surface area contributed by atoms with Crippen molar-refractivity contribution in [2.45, 2.75) is 58.3 Å². The molecule has 100 valence electrons. The molecule has 1 aliphatic carbocycles. The Labute approximate surface area is 112 Å². The van der Waals surface area contributed by atoms with Crippen LogP contribution >= 0.6 is 11.3 Å². The molecular formula is C14H21NO2S. The number of carboxylic acid groups (broad SMARTS) is 1. The lowest BCUT2D eigenvalue weighted by molar-refractivity contribution is 0.0700.